The number of aryl methyl sites for hydroxylation is 1. The van der Waals surface area contributed by atoms with E-state index < -0.39 is 6.10 Å². The van der Waals surface area contributed by atoms with Crippen LogP contribution in [0.4, 0.5) is 4.39 Å². The van der Waals surface area contributed by atoms with Crippen LogP contribution in [0.25, 0.3) is 0 Å². The van der Waals surface area contributed by atoms with E-state index in [0.29, 0.717) is 10.9 Å². The standard InChI is InChI=1S/C16H18BrFN2O/c17-15-7-13(18)4-5-14(15)16(21)6-3-12-8-19-20(10-12)9-11-1-2-11/h4-5,7-8,10-11,16,21H,1-3,6,9H2. The van der Waals surface area contributed by atoms with Crippen molar-refractivity contribution in [3.05, 3.63) is 52.0 Å². The van der Waals surface area contributed by atoms with Crippen LogP contribution in [-0.2, 0) is 13.0 Å². The molecule has 0 bridgehead atoms. The van der Waals surface area contributed by atoms with Crippen LogP contribution in [0.1, 0.15) is 36.5 Å². The van der Waals surface area contributed by atoms with Gasteiger partial charge in [0.05, 0.1) is 12.3 Å². The van der Waals surface area contributed by atoms with E-state index in [-0.39, 0.29) is 5.82 Å². The van der Waals surface area contributed by atoms with Crippen molar-refractivity contribution < 1.29 is 9.50 Å². The molecule has 0 spiro atoms. The summed E-state index contributed by atoms with van der Waals surface area (Å²) in [6.45, 7) is 1.01. The topological polar surface area (TPSA) is 38.1 Å². The third-order valence-corrected chi connectivity index (χ3v) is 4.54. The van der Waals surface area contributed by atoms with Crippen molar-refractivity contribution in [1.29, 1.82) is 0 Å². The van der Waals surface area contributed by atoms with Crippen molar-refractivity contribution in [1.82, 2.24) is 9.78 Å². The molecule has 1 aromatic heterocycles. The number of nitrogens with zero attached hydrogens (tertiary/aromatic N) is 2. The van der Waals surface area contributed by atoms with Crippen LogP contribution in [0.2, 0.25) is 0 Å². The van der Waals surface area contributed by atoms with Crippen molar-refractivity contribution in [2.45, 2.75) is 38.3 Å². The van der Waals surface area contributed by atoms with Gasteiger partial charge in [-0.2, -0.15) is 5.10 Å². The molecule has 1 aliphatic carbocycles. The summed E-state index contributed by atoms with van der Waals surface area (Å²) < 4.78 is 15.7. The largest absolute Gasteiger partial charge is 0.388 e. The summed E-state index contributed by atoms with van der Waals surface area (Å²) in [5, 5.41) is 14.6. The Balaban J connectivity index is 1.57. The van der Waals surface area contributed by atoms with Crippen LogP contribution in [-0.4, -0.2) is 14.9 Å². The summed E-state index contributed by atoms with van der Waals surface area (Å²) >= 11 is 3.30. The van der Waals surface area contributed by atoms with Gasteiger partial charge in [0.15, 0.2) is 0 Å². The second kappa shape index (κ2) is 6.28. The normalized spacial score (nSPS) is 16.1. The summed E-state index contributed by atoms with van der Waals surface area (Å²) in [5.41, 5.74) is 1.86. The van der Waals surface area contributed by atoms with Gasteiger partial charge in [0.2, 0.25) is 0 Å². The summed E-state index contributed by atoms with van der Waals surface area (Å²) in [6, 6.07) is 4.38. The predicted octanol–water partition coefficient (Wildman–Crippen LogP) is 3.86. The van der Waals surface area contributed by atoms with E-state index in [4.69, 9.17) is 0 Å². The highest BCUT2D eigenvalue weighted by Gasteiger charge is 2.22. The van der Waals surface area contributed by atoms with Gasteiger partial charge in [-0.1, -0.05) is 22.0 Å². The summed E-state index contributed by atoms with van der Waals surface area (Å²) in [5.74, 6) is 0.498. The van der Waals surface area contributed by atoms with Gasteiger partial charge in [0.1, 0.15) is 5.82 Å². The lowest BCUT2D eigenvalue weighted by molar-refractivity contribution is 0.167. The molecule has 1 saturated carbocycles. The van der Waals surface area contributed by atoms with E-state index >= 15 is 0 Å². The zero-order valence-electron chi connectivity index (χ0n) is 11.7. The van der Waals surface area contributed by atoms with E-state index in [1.54, 1.807) is 6.07 Å². The van der Waals surface area contributed by atoms with E-state index in [1.165, 1.54) is 25.0 Å². The smallest absolute Gasteiger partial charge is 0.124 e. The molecular weight excluding hydrogens is 335 g/mol. The summed E-state index contributed by atoms with van der Waals surface area (Å²) in [6.07, 6.45) is 7.31. The molecule has 3 rings (SSSR count). The molecule has 0 aliphatic heterocycles. The second-order valence-electron chi connectivity index (χ2n) is 5.73. The molecule has 21 heavy (non-hydrogen) atoms. The molecule has 1 fully saturated rings. The number of aliphatic hydroxyl groups is 1. The average molecular weight is 353 g/mol. The Morgan fingerprint density at radius 1 is 1.43 bits per heavy atom. The lowest BCUT2D eigenvalue weighted by atomic mass is 10.0. The average Bonchev–Trinajstić information content (AvgIpc) is 3.13. The third-order valence-electron chi connectivity index (χ3n) is 3.86. The molecule has 1 aliphatic rings. The Morgan fingerprint density at radius 3 is 2.95 bits per heavy atom. The molecule has 5 heteroatoms. The van der Waals surface area contributed by atoms with Crippen LogP contribution in [0, 0.1) is 11.7 Å². The molecular formula is C16H18BrFN2O. The predicted molar refractivity (Wildman–Crippen MR) is 82.3 cm³/mol. The lowest BCUT2D eigenvalue weighted by Gasteiger charge is -2.12. The highest BCUT2D eigenvalue weighted by atomic mass is 79.9. The number of halogens is 2. The third kappa shape index (κ3) is 3.92. The van der Waals surface area contributed by atoms with Crippen molar-refractivity contribution in [3.8, 4) is 0 Å². The van der Waals surface area contributed by atoms with Crippen molar-refractivity contribution >= 4 is 15.9 Å². The lowest BCUT2D eigenvalue weighted by Crippen LogP contribution is -2.01. The molecule has 1 atom stereocenters. The molecule has 0 radical (unpaired) electrons. The molecule has 3 nitrogen and oxygen atoms in total. The first-order valence-electron chi connectivity index (χ1n) is 7.26. The number of benzene rings is 1. The SMILES string of the molecule is OC(CCc1cnn(CC2CC2)c1)c1ccc(F)cc1Br. The first-order valence-corrected chi connectivity index (χ1v) is 8.05. The van der Waals surface area contributed by atoms with Gasteiger partial charge in [-0.3, -0.25) is 4.68 Å². The van der Waals surface area contributed by atoms with Gasteiger partial charge in [0.25, 0.3) is 0 Å². The van der Waals surface area contributed by atoms with Crippen LogP contribution in [0.5, 0.6) is 0 Å². The fourth-order valence-electron chi connectivity index (χ4n) is 2.43. The Morgan fingerprint density at radius 2 is 2.24 bits per heavy atom. The van der Waals surface area contributed by atoms with Crippen LogP contribution in [0.3, 0.4) is 0 Å². The molecule has 112 valence electrons. The van der Waals surface area contributed by atoms with E-state index in [2.05, 4.69) is 27.2 Å². The van der Waals surface area contributed by atoms with E-state index in [1.807, 2.05) is 10.9 Å². The van der Waals surface area contributed by atoms with Gasteiger partial charge in [-0.05, 0) is 54.9 Å². The number of hydrogen-bond acceptors (Lipinski definition) is 2. The first kappa shape index (κ1) is 14.7. The number of hydrogen-bond donors (Lipinski definition) is 1. The summed E-state index contributed by atoms with van der Waals surface area (Å²) in [4.78, 5) is 0. The molecule has 0 saturated heterocycles. The summed E-state index contributed by atoms with van der Waals surface area (Å²) in [7, 11) is 0. The Hall–Kier alpha value is -1.20. The molecule has 1 heterocycles. The van der Waals surface area contributed by atoms with Crippen molar-refractivity contribution in [3.63, 3.8) is 0 Å². The zero-order valence-corrected chi connectivity index (χ0v) is 13.3. The van der Waals surface area contributed by atoms with Gasteiger partial charge < -0.3 is 5.11 Å². The number of rotatable bonds is 6. The molecule has 0 amide bonds. The number of aromatic nitrogens is 2. The molecule has 2 aromatic rings. The maximum absolute atomic E-state index is 13.1. The Labute approximate surface area is 131 Å². The van der Waals surface area contributed by atoms with E-state index in [9.17, 15) is 9.50 Å². The van der Waals surface area contributed by atoms with Gasteiger partial charge >= 0.3 is 0 Å². The first-order chi connectivity index (χ1) is 10.1. The Bertz CT molecular complexity index is 624. The van der Waals surface area contributed by atoms with Gasteiger partial charge in [-0.15, -0.1) is 0 Å². The van der Waals surface area contributed by atoms with Crippen LogP contribution in [0.15, 0.2) is 35.1 Å². The molecule has 1 unspecified atom stereocenters. The Kier molecular flexibility index (Phi) is 4.40. The minimum Gasteiger partial charge on any atom is -0.388 e. The maximum atomic E-state index is 13.1. The van der Waals surface area contributed by atoms with E-state index in [0.717, 1.165) is 30.0 Å². The fraction of sp³-hybridized carbons (Fsp3) is 0.438. The monoisotopic (exact) mass is 352 g/mol. The fourth-order valence-corrected chi connectivity index (χ4v) is 3.05. The van der Waals surface area contributed by atoms with Gasteiger partial charge in [-0.25, -0.2) is 4.39 Å². The second-order valence-corrected chi connectivity index (χ2v) is 6.59. The van der Waals surface area contributed by atoms with Gasteiger partial charge in [0, 0.05) is 17.2 Å². The minimum atomic E-state index is -0.605. The highest BCUT2D eigenvalue weighted by Crippen LogP contribution is 2.30. The highest BCUT2D eigenvalue weighted by molar-refractivity contribution is 9.10. The quantitative estimate of drug-likeness (QED) is 0.856. The molecule has 1 aromatic carbocycles. The van der Waals surface area contributed by atoms with Crippen molar-refractivity contribution in [2.24, 2.45) is 5.92 Å². The maximum Gasteiger partial charge on any atom is 0.124 e. The van der Waals surface area contributed by atoms with Crippen LogP contribution >= 0.6 is 15.9 Å². The minimum absolute atomic E-state index is 0.306. The van der Waals surface area contributed by atoms with Crippen LogP contribution < -0.4 is 0 Å². The van der Waals surface area contributed by atoms with Crippen molar-refractivity contribution in [2.75, 3.05) is 0 Å². The number of aliphatic hydroxyl groups excluding tert-OH is 1. The molecule has 1 N–H and O–H groups in total. The zero-order chi connectivity index (χ0) is 14.8.